The van der Waals surface area contributed by atoms with Crippen LogP contribution in [0, 0.1) is 11.8 Å². The largest absolute Gasteiger partial charge is 0.573 e. The molecule has 0 amide bonds. The molecule has 4 atom stereocenters. The summed E-state index contributed by atoms with van der Waals surface area (Å²) in [6.45, 7) is 2.26. The van der Waals surface area contributed by atoms with Crippen molar-refractivity contribution in [2.75, 3.05) is 33.0 Å². The summed E-state index contributed by atoms with van der Waals surface area (Å²) in [6, 6.07) is 5.30. The predicted octanol–water partition coefficient (Wildman–Crippen LogP) is 2.97. The Morgan fingerprint density at radius 3 is 2.50 bits per heavy atom. The molecule has 2 heterocycles. The second kappa shape index (κ2) is 12.0. The summed E-state index contributed by atoms with van der Waals surface area (Å²) >= 11 is 0. The van der Waals surface area contributed by atoms with E-state index in [4.69, 9.17) is 9.84 Å². The Bertz CT molecular complexity index is 852. The summed E-state index contributed by atoms with van der Waals surface area (Å²) in [4.78, 5) is 12.9. The minimum atomic E-state index is -4.76. The molecule has 3 fully saturated rings. The Morgan fingerprint density at radius 1 is 1.14 bits per heavy atom. The summed E-state index contributed by atoms with van der Waals surface area (Å²) in [7, 11) is 0. The molecule has 202 valence electrons. The average molecular weight is 519 g/mol. The van der Waals surface area contributed by atoms with Crippen LogP contribution in [0.1, 0.15) is 43.7 Å². The van der Waals surface area contributed by atoms with Gasteiger partial charge in [0, 0.05) is 19.6 Å². The summed E-state index contributed by atoms with van der Waals surface area (Å²) in [6.07, 6.45) is -3.38. The fourth-order valence-corrected chi connectivity index (χ4v) is 5.47. The third kappa shape index (κ3) is 7.28. The average Bonchev–Trinajstić information content (AvgIpc) is 2.84. The van der Waals surface area contributed by atoms with Crippen molar-refractivity contribution < 1.29 is 36.9 Å². The van der Waals surface area contributed by atoms with Gasteiger partial charge in [0.05, 0.1) is 31.6 Å². The number of carboxylic acids is 1. The number of benzene rings is 1. The first kappa shape index (κ1) is 27.1. The lowest BCUT2D eigenvalue weighted by Crippen LogP contribution is -2.69. The smallest absolute Gasteiger partial charge is 0.481 e. The van der Waals surface area contributed by atoms with Crippen molar-refractivity contribution in [3.63, 3.8) is 0 Å². The van der Waals surface area contributed by atoms with Gasteiger partial charge in [-0.2, -0.15) is 0 Å². The fraction of sp³-hybridized carbons (Fsp3) is 0.708. The molecule has 1 aliphatic carbocycles. The molecule has 2 saturated heterocycles. The summed E-state index contributed by atoms with van der Waals surface area (Å²) in [5.41, 5.74) is 0.722. The van der Waals surface area contributed by atoms with Crippen LogP contribution >= 0.6 is 0 Å². The molecule has 8 nitrogen and oxygen atoms in total. The normalized spacial score (nSPS) is 32.2. The van der Waals surface area contributed by atoms with Crippen molar-refractivity contribution in [1.82, 2.24) is 20.9 Å². The molecular formula is C24H34F4N4O4. The SMILES string of the molecule is O=C(O)C[C@H]1CC[C@H](CNC2NCNC(N3CCOC[C@@H]3c3ccc(OC(F)(F)F)cc3)C2F)CC1. The second-order valence-corrected chi connectivity index (χ2v) is 9.79. The molecule has 0 radical (unpaired) electrons. The lowest BCUT2D eigenvalue weighted by atomic mass is 9.80. The number of nitrogens with one attached hydrogen (secondary N) is 3. The minimum absolute atomic E-state index is 0.211. The van der Waals surface area contributed by atoms with E-state index in [0.29, 0.717) is 38.9 Å². The number of morpholine rings is 1. The molecular weight excluding hydrogens is 484 g/mol. The molecule has 0 bridgehead atoms. The van der Waals surface area contributed by atoms with Crippen molar-refractivity contribution in [1.29, 1.82) is 0 Å². The van der Waals surface area contributed by atoms with Gasteiger partial charge in [0.15, 0.2) is 6.17 Å². The molecule has 1 aromatic rings. The first-order valence-corrected chi connectivity index (χ1v) is 12.4. The van der Waals surface area contributed by atoms with E-state index in [1.165, 1.54) is 12.1 Å². The fourth-order valence-electron chi connectivity index (χ4n) is 5.47. The van der Waals surface area contributed by atoms with E-state index >= 15 is 4.39 Å². The molecule has 1 aromatic carbocycles. The number of rotatable bonds is 8. The third-order valence-corrected chi connectivity index (χ3v) is 7.33. The quantitative estimate of drug-likeness (QED) is 0.391. The molecule has 1 saturated carbocycles. The van der Waals surface area contributed by atoms with E-state index in [0.717, 1.165) is 31.2 Å². The van der Waals surface area contributed by atoms with Gasteiger partial charge in [-0.1, -0.05) is 12.1 Å². The van der Waals surface area contributed by atoms with Crippen LogP contribution in [0.5, 0.6) is 5.75 Å². The standard InChI is InChI=1S/C24H34F4N4O4/c25-21-22(29-12-16-3-1-15(2-4-16)11-20(33)34)30-14-31-23(21)32-9-10-35-13-19(32)17-5-7-18(8-6-17)36-24(26,27)28/h5-8,15-16,19,21-23,29-31H,1-4,9-14H2,(H,33,34)/t15-,16-,19-,21?,22?,23?/m1/s1. The van der Waals surface area contributed by atoms with Crippen LogP contribution in [-0.2, 0) is 9.53 Å². The molecule has 3 unspecified atom stereocenters. The van der Waals surface area contributed by atoms with Crippen molar-refractivity contribution >= 4 is 5.97 Å². The second-order valence-electron chi connectivity index (χ2n) is 9.79. The molecule has 0 spiro atoms. The molecule has 2 aliphatic heterocycles. The molecule has 0 aromatic heterocycles. The van der Waals surface area contributed by atoms with Gasteiger partial charge in [0.25, 0.3) is 0 Å². The van der Waals surface area contributed by atoms with Gasteiger partial charge < -0.3 is 14.6 Å². The highest BCUT2D eigenvalue weighted by Gasteiger charge is 2.41. The van der Waals surface area contributed by atoms with E-state index in [-0.39, 0.29) is 24.1 Å². The van der Waals surface area contributed by atoms with E-state index in [9.17, 15) is 18.0 Å². The monoisotopic (exact) mass is 518 g/mol. The molecule has 4 N–H and O–H groups in total. The van der Waals surface area contributed by atoms with Crippen LogP contribution in [0.25, 0.3) is 0 Å². The number of hydrogen-bond acceptors (Lipinski definition) is 7. The topological polar surface area (TPSA) is 95.1 Å². The molecule has 4 rings (SSSR count). The molecule has 12 heteroatoms. The van der Waals surface area contributed by atoms with E-state index < -0.39 is 30.8 Å². The Labute approximate surface area is 207 Å². The van der Waals surface area contributed by atoms with Gasteiger partial charge in [-0.25, -0.2) is 4.39 Å². The zero-order valence-electron chi connectivity index (χ0n) is 20.0. The summed E-state index contributed by atoms with van der Waals surface area (Å²) in [5.74, 6) is -0.458. The zero-order chi connectivity index (χ0) is 25.7. The van der Waals surface area contributed by atoms with Crippen molar-refractivity contribution in [3.8, 4) is 5.75 Å². The van der Waals surface area contributed by atoms with Crippen LogP contribution in [0.3, 0.4) is 0 Å². The Kier molecular flexibility index (Phi) is 9.05. The summed E-state index contributed by atoms with van der Waals surface area (Å²) in [5, 5.41) is 18.6. The van der Waals surface area contributed by atoms with Crippen LogP contribution in [0.2, 0.25) is 0 Å². The Hall–Kier alpha value is -1.99. The number of aliphatic carboxylic acids is 1. The number of halogens is 4. The lowest BCUT2D eigenvalue weighted by molar-refractivity contribution is -0.274. The van der Waals surface area contributed by atoms with Gasteiger partial charge in [-0.15, -0.1) is 13.2 Å². The number of nitrogens with zero attached hydrogens (tertiary/aromatic N) is 1. The molecule has 36 heavy (non-hydrogen) atoms. The van der Waals surface area contributed by atoms with Crippen LogP contribution in [-0.4, -0.2) is 73.8 Å². The van der Waals surface area contributed by atoms with Crippen molar-refractivity contribution in [2.45, 2.75) is 63.0 Å². The van der Waals surface area contributed by atoms with Gasteiger partial charge in [0.2, 0.25) is 0 Å². The first-order valence-electron chi connectivity index (χ1n) is 12.4. The third-order valence-electron chi connectivity index (χ3n) is 7.33. The maximum Gasteiger partial charge on any atom is 0.573 e. The maximum atomic E-state index is 15.7. The number of alkyl halides is 4. The lowest BCUT2D eigenvalue weighted by Gasteiger charge is -2.46. The maximum absolute atomic E-state index is 15.7. The number of carbonyl (C=O) groups is 1. The van der Waals surface area contributed by atoms with Crippen molar-refractivity contribution in [2.24, 2.45) is 11.8 Å². The minimum Gasteiger partial charge on any atom is -0.481 e. The van der Waals surface area contributed by atoms with E-state index in [2.05, 4.69) is 20.7 Å². The first-order chi connectivity index (χ1) is 17.2. The Balaban J connectivity index is 1.34. The highest BCUT2D eigenvalue weighted by Crippen LogP contribution is 2.32. The van der Waals surface area contributed by atoms with E-state index in [1.807, 2.05) is 4.90 Å². The number of ether oxygens (including phenoxy) is 2. The van der Waals surface area contributed by atoms with Crippen LogP contribution < -0.4 is 20.7 Å². The van der Waals surface area contributed by atoms with Gasteiger partial charge in [0.1, 0.15) is 5.75 Å². The highest BCUT2D eigenvalue weighted by molar-refractivity contribution is 5.67. The number of carboxylic acid groups (broad SMARTS) is 1. The predicted molar refractivity (Wildman–Crippen MR) is 123 cm³/mol. The van der Waals surface area contributed by atoms with Gasteiger partial charge in [-0.05, 0) is 61.8 Å². The van der Waals surface area contributed by atoms with Crippen LogP contribution in [0.4, 0.5) is 17.6 Å². The molecule has 3 aliphatic rings. The van der Waals surface area contributed by atoms with Crippen molar-refractivity contribution in [3.05, 3.63) is 29.8 Å². The number of hydrogen-bond donors (Lipinski definition) is 4. The van der Waals surface area contributed by atoms with Gasteiger partial charge in [-0.3, -0.25) is 25.6 Å². The highest BCUT2D eigenvalue weighted by atomic mass is 19.4. The van der Waals surface area contributed by atoms with Crippen LogP contribution in [0.15, 0.2) is 24.3 Å². The van der Waals surface area contributed by atoms with E-state index in [1.54, 1.807) is 12.1 Å². The zero-order valence-corrected chi connectivity index (χ0v) is 20.0. The summed E-state index contributed by atoms with van der Waals surface area (Å²) < 4.78 is 62.8. The van der Waals surface area contributed by atoms with Gasteiger partial charge >= 0.3 is 12.3 Å². The Morgan fingerprint density at radius 2 is 1.83 bits per heavy atom.